The van der Waals surface area contributed by atoms with E-state index in [2.05, 4.69) is 20.4 Å². The fourth-order valence-electron chi connectivity index (χ4n) is 5.95. The second kappa shape index (κ2) is 12.6. The number of ether oxygens (including phenoxy) is 3. The van der Waals surface area contributed by atoms with Crippen LogP contribution in [0, 0.1) is 11.7 Å². The summed E-state index contributed by atoms with van der Waals surface area (Å²) in [4.78, 5) is 18.1. The van der Waals surface area contributed by atoms with Gasteiger partial charge < -0.3 is 34.6 Å². The van der Waals surface area contributed by atoms with E-state index in [1.807, 2.05) is 48.7 Å². The van der Waals surface area contributed by atoms with Crippen LogP contribution in [0.1, 0.15) is 24.8 Å². The number of allylic oxidation sites excluding steroid dienone is 2. The van der Waals surface area contributed by atoms with E-state index in [0.29, 0.717) is 42.7 Å². The third-order valence-corrected chi connectivity index (χ3v) is 8.32. The van der Waals surface area contributed by atoms with Crippen LogP contribution < -0.4 is 29.7 Å². The first-order valence-corrected chi connectivity index (χ1v) is 14.8. The molecule has 2 aromatic rings. The topological polar surface area (TPSA) is 75.3 Å². The number of dihydropyridines is 1. The van der Waals surface area contributed by atoms with Gasteiger partial charge in [-0.25, -0.2) is 4.39 Å². The molecule has 10 heteroatoms. The van der Waals surface area contributed by atoms with Gasteiger partial charge in [-0.15, -0.1) is 0 Å². The van der Waals surface area contributed by atoms with Crippen molar-refractivity contribution < 1.29 is 23.4 Å². The number of fused-ring (bicyclic) bond motifs is 1. The molecule has 3 atom stereocenters. The van der Waals surface area contributed by atoms with Gasteiger partial charge in [0, 0.05) is 37.4 Å². The SMILES string of the molecule is O=C(NC(Cc1cc(F)c2c(c1)OCCO2)CN1CCCC1)[C@@H]1CCN(c2ccc(Cl)c(OC3C=CC=CN3)c2)C1. The first-order valence-electron chi connectivity index (χ1n) is 14.4. The molecule has 0 aromatic heterocycles. The van der Waals surface area contributed by atoms with Gasteiger partial charge in [0.05, 0.1) is 10.9 Å². The van der Waals surface area contributed by atoms with Gasteiger partial charge in [-0.05, 0) is 87.0 Å². The van der Waals surface area contributed by atoms with E-state index < -0.39 is 5.82 Å². The number of carbonyl (C=O) groups is 1. The van der Waals surface area contributed by atoms with Crippen molar-refractivity contribution in [1.29, 1.82) is 0 Å². The highest BCUT2D eigenvalue weighted by Crippen LogP contribution is 2.35. The van der Waals surface area contributed by atoms with Gasteiger partial charge in [-0.1, -0.05) is 17.7 Å². The largest absolute Gasteiger partial charge is 0.486 e. The first-order chi connectivity index (χ1) is 20.0. The summed E-state index contributed by atoms with van der Waals surface area (Å²) in [6.45, 7) is 4.86. The number of nitrogens with one attached hydrogen (secondary N) is 2. The molecule has 0 aliphatic carbocycles. The van der Waals surface area contributed by atoms with E-state index in [-0.39, 0.29) is 29.8 Å². The standard InChI is InChI=1S/C31H36ClFN4O4/c32-25-7-6-24(18-27(25)41-29-5-1-2-9-34-29)37-12-8-22(19-37)31(38)35-23(20-36-10-3-4-11-36)15-21-16-26(33)30-28(17-21)39-13-14-40-30/h1-2,5-7,9,16-18,22-23,29,34H,3-4,8,10-15,19-20H2,(H,35,38)/t22-,23?,29?/m1/s1. The van der Waals surface area contributed by atoms with Gasteiger partial charge in [-0.3, -0.25) is 4.79 Å². The summed E-state index contributed by atoms with van der Waals surface area (Å²) >= 11 is 6.42. The molecule has 41 heavy (non-hydrogen) atoms. The Balaban J connectivity index is 1.11. The predicted octanol–water partition coefficient (Wildman–Crippen LogP) is 4.28. The molecule has 1 amide bonds. The maximum absolute atomic E-state index is 14.7. The predicted molar refractivity (Wildman–Crippen MR) is 156 cm³/mol. The van der Waals surface area contributed by atoms with Crippen LogP contribution in [0.3, 0.4) is 0 Å². The van der Waals surface area contributed by atoms with E-state index in [1.165, 1.54) is 6.07 Å². The highest BCUT2D eigenvalue weighted by molar-refractivity contribution is 6.32. The zero-order valence-electron chi connectivity index (χ0n) is 23.0. The van der Waals surface area contributed by atoms with E-state index in [0.717, 1.165) is 56.7 Å². The molecule has 4 heterocycles. The Bertz CT molecular complexity index is 1320. The maximum Gasteiger partial charge on any atom is 0.225 e. The van der Waals surface area contributed by atoms with Crippen LogP contribution >= 0.6 is 11.6 Å². The molecule has 2 N–H and O–H groups in total. The minimum atomic E-state index is -0.423. The van der Waals surface area contributed by atoms with Crippen LogP contribution in [-0.2, 0) is 11.2 Å². The van der Waals surface area contributed by atoms with Gasteiger partial charge in [0.2, 0.25) is 5.91 Å². The fourth-order valence-corrected chi connectivity index (χ4v) is 6.11. The second-order valence-electron chi connectivity index (χ2n) is 11.0. The Morgan fingerprint density at radius 3 is 2.83 bits per heavy atom. The van der Waals surface area contributed by atoms with Gasteiger partial charge in [-0.2, -0.15) is 0 Å². The number of rotatable bonds is 9. The third-order valence-electron chi connectivity index (χ3n) is 8.01. The lowest BCUT2D eigenvalue weighted by atomic mass is 10.0. The number of carbonyl (C=O) groups excluding carboxylic acids is 1. The summed E-state index contributed by atoms with van der Waals surface area (Å²) < 4.78 is 31.9. The number of benzene rings is 2. The number of halogens is 2. The minimum Gasteiger partial charge on any atom is -0.486 e. The normalized spacial score (nSPS) is 22.4. The van der Waals surface area contributed by atoms with E-state index in [9.17, 15) is 9.18 Å². The average molecular weight is 583 g/mol. The Kier molecular flexibility index (Phi) is 8.53. The lowest BCUT2D eigenvalue weighted by Gasteiger charge is -2.27. The molecule has 0 radical (unpaired) electrons. The summed E-state index contributed by atoms with van der Waals surface area (Å²) in [5, 5.41) is 6.98. The first kappa shape index (κ1) is 27.7. The van der Waals surface area contributed by atoms with Crippen molar-refractivity contribution in [1.82, 2.24) is 15.5 Å². The quantitative estimate of drug-likeness (QED) is 0.457. The molecule has 8 nitrogen and oxygen atoms in total. The van der Waals surface area contributed by atoms with Crippen LogP contribution in [0.2, 0.25) is 5.02 Å². The van der Waals surface area contributed by atoms with Crippen LogP contribution in [-0.4, -0.2) is 69.0 Å². The smallest absolute Gasteiger partial charge is 0.225 e. The Morgan fingerprint density at radius 1 is 1.15 bits per heavy atom. The molecule has 4 aliphatic rings. The highest BCUT2D eigenvalue weighted by atomic mass is 35.5. The number of hydrogen-bond acceptors (Lipinski definition) is 7. The van der Waals surface area contributed by atoms with Crippen molar-refractivity contribution >= 4 is 23.2 Å². The van der Waals surface area contributed by atoms with Crippen molar-refractivity contribution in [2.75, 3.05) is 50.8 Å². The molecule has 0 spiro atoms. The van der Waals surface area contributed by atoms with Crippen molar-refractivity contribution in [3.05, 3.63) is 71.2 Å². The number of anilines is 1. The highest BCUT2D eigenvalue weighted by Gasteiger charge is 2.31. The minimum absolute atomic E-state index is 0.0310. The molecule has 2 unspecified atom stereocenters. The molecule has 0 saturated carbocycles. The molecular weight excluding hydrogens is 547 g/mol. The van der Waals surface area contributed by atoms with Gasteiger partial charge in [0.15, 0.2) is 23.5 Å². The summed E-state index contributed by atoms with van der Waals surface area (Å²) in [6, 6.07) is 8.93. The van der Waals surface area contributed by atoms with Crippen LogP contribution in [0.4, 0.5) is 10.1 Å². The summed E-state index contributed by atoms with van der Waals surface area (Å²) in [5.41, 5.74) is 1.76. The van der Waals surface area contributed by atoms with Gasteiger partial charge in [0.25, 0.3) is 0 Å². The summed E-state index contributed by atoms with van der Waals surface area (Å²) in [5.74, 6) is 0.650. The fraction of sp³-hybridized carbons (Fsp3) is 0.452. The van der Waals surface area contributed by atoms with Crippen LogP contribution in [0.25, 0.3) is 0 Å². The number of hydrogen-bond donors (Lipinski definition) is 2. The van der Waals surface area contributed by atoms with Crippen LogP contribution in [0.5, 0.6) is 17.2 Å². The average Bonchev–Trinajstić information content (AvgIpc) is 3.68. The van der Waals surface area contributed by atoms with E-state index >= 15 is 0 Å². The number of amides is 1. The molecule has 0 bridgehead atoms. The lowest BCUT2D eigenvalue weighted by molar-refractivity contribution is -0.125. The summed E-state index contributed by atoms with van der Waals surface area (Å²) in [7, 11) is 0. The summed E-state index contributed by atoms with van der Waals surface area (Å²) in [6.07, 6.45) is 10.9. The van der Waals surface area contributed by atoms with Crippen molar-refractivity contribution in [3.8, 4) is 17.2 Å². The zero-order chi connectivity index (χ0) is 28.2. The molecule has 2 saturated heterocycles. The number of likely N-dealkylation sites (tertiary alicyclic amines) is 1. The van der Waals surface area contributed by atoms with Crippen molar-refractivity contribution in [3.63, 3.8) is 0 Å². The molecular formula is C31H36ClFN4O4. The molecule has 2 aromatic carbocycles. The van der Waals surface area contributed by atoms with Gasteiger partial charge in [0.1, 0.15) is 19.0 Å². The maximum atomic E-state index is 14.7. The molecule has 2 fully saturated rings. The second-order valence-corrected chi connectivity index (χ2v) is 11.4. The Labute approximate surface area is 245 Å². The van der Waals surface area contributed by atoms with E-state index in [1.54, 1.807) is 0 Å². The van der Waals surface area contributed by atoms with Crippen LogP contribution in [0.15, 0.2) is 54.8 Å². The number of nitrogens with zero attached hydrogens (tertiary/aromatic N) is 2. The third kappa shape index (κ3) is 6.73. The Hall–Kier alpha value is -3.43. The molecule has 6 rings (SSSR count). The monoisotopic (exact) mass is 582 g/mol. The van der Waals surface area contributed by atoms with Crippen molar-refractivity contribution in [2.24, 2.45) is 5.92 Å². The molecule has 4 aliphatic heterocycles. The van der Waals surface area contributed by atoms with Gasteiger partial charge >= 0.3 is 0 Å². The van der Waals surface area contributed by atoms with E-state index in [4.69, 9.17) is 25.8 Å². The molecule has 218 valence electrons. The zero-order valence-corrected chi connectivity index (χ0v) is 23.7. The van der Waals surface area contributed by atoms with Crippen molar-refractivity contribution in [2.45, 2.75) is 38.0 Å². The lowest BCUT2D eigenvalue weighted by Crippen LogP contribution is -2.47. The Morgan fingerprint density at radius 2 is 2.00 bits per heavy atom.